The van der Waals surface area contributed by atoms with Crippen molar-refractivity contribution in [2.75, 3.05) is 6.26 Å². The van der Waals surface area contributed by atoms with Crippen molar-refractivity contribution in [3.63, 3.8) is 0 Å². The third-order valence-corrected chi connectivity index (χ3v) is 6.56. The van der Waals surface area contributed by atoms with Crippen molar-refractivity contribution in [1.82, 2.24) is 0 Å². The van der Waals surface area contributed by atoms with Crippen molar-refractivity contribution in [3.05, 3.63) is 41.0 Å². The largest absolute Gasteiger partial charge is 0.175 e. The molecule has 0 radical (unpaired) electrons. The Morgan fingerprint density at radius 2 is 1.31 bits per heavy atom. The fourth-order valence-electron chi connectivity index (χ4n) is 2.40. The third-order valence-electron chi connectivity index (χ3n) is 3.70. The van der Waals surface area contributed by atoms with Gasteiger partial charge in [0, 0.05) is 21.8 Å². The predicted molar refractivity (Wildman–Crippen MR) is 129 cm³/mol. The molecule has 0 nitrogen and oxygen atoms in total. The van der Waals surface area contributed by atoms with Gasteiger partial charge in [0.1, 0.15) is 16.1 Å². The van der Waals surface area contributed by atoms with E-state index in [-0.39, 0.29) is 0 Å². The van der Waals surface area contributed by atoms with Gasteiger partial charge in [-0.3, -0.25) is 0 Å². The number of benzene rings is 2. The first-order valence-electron chi connectivity index (χ1n) is 8.84. The molecule has 0 amide bonds. The Hall–Kier alpha value is -1.05. The van der Waals surface area contributed by atoms with Crippen LogP contribution >= 0.6 is 24.4 Å². The summed E-state index contributed by atoms with van der Waals surface area (Å²) in [7, 11) is -2.80. The zero-order valence-electron chi connectivity index (χ0n) is 16.9. The minimum atomic E-state index is -1.40. The second kappa shape index (κ2) is 8.32. The molecule has 2 rings (SSSR count). The zero-order valence-corrected chi connectivity index (χ0v) is 20.6. The van der Waals surface area contributed by atoms with Gasteiger partial charge in [-0.25, -0.2) is 0 Å². The predicted octanol–water partition coefficient (Wildman–Crippen LogP) is 6.45. The third kappa shape index (κ3) is 6.00. The van der Waals surface area contributed by atoms with E-state index in [1.54, 1.807) is 11.8 Å². The van der Waals surface area contributed by atoms with Gasteiger partial charge in [0.15, 0.2) is 0 Å². The molecule has 0 saturated carbocycles. The van der Waals surface area contributed by atoms with Gasteiger partial charge < -0.3 is 0 Å². The lowest BCUT2D eigenvalue weighted by Crippen LogP contribution is -2.16. The molecule has 0 bridgehead atoms. The lowest BCUT2D eigenvalue weighted by atomic mass is 10.0. The summed E-state index contributed by atoms with van der Waals surface area (Å²) in [6.07, 6.45) is 2.12. The molecule has 0 aromatic heterocycles. The normalized spacial score (nSPS) is 11.5. The van der Waals surface area contributed by atoms with Gasteiger partial charge in [-0.2, -0.15) is 12.6 Å². The summed E-state index contributed by atoms with van der Waals surface area (Å²) < 4.78 is 0. The Labute approximate surface area is 171 Å². The summed E-state index contributed by atoms with van der Waals surface area (Å²) in [6, 6.07) is 8.96. The van der Waals surface area contributed by atoms with Crippen LogP contribution in [0.5, 0.6) is 0 Å². The summed E-state index contributed by atoms with van der Waals surface area (Å²) in [6.45, 7) is 13.7. The molecule has 0 atom stereocenters. The number of rotatable bonds is 2. The monoisotopic (exact) mass is 412 g/mol. The minimum Gasteiger partial charge on any atom is -0.175 e. The molecule has 2 aromatic rings. The highest BCUT2D eigenvalue weighted by Gasteiger charge is 2.11. The molecule has 0 N–H and O–H groups in total. The molecule has 0 fully saturated rings. The van der Waals surface area contributed by atoms with E-state index in [4.69, 9.17) is 0 Å². The highest BCUT2D eigenvalue weighted by Crippen LogP contribution is 2.29. The fraction of sp³-hybridized carbons (Fsp3) is 0.364. The average molecular weight is 413 g/mol. The molecule has 26 heavy (non-hydrogen) atoms. The molecule has 0 aliphatic rings. The van der Waals surface area contributed by atoms with Crippen molar-refractivity contribution in [3.8, 4) is 22.9 Å². The quantitative estimate of drug-likeness (QED) is 0.256. The molecule has 0 unspecified atom stereocenters. The molecule has 0 aliphatic heterocycles. The number of hydrogen-bond donors (Lipinski definition) is 1. The van der Waals surface area contributed by atoms with Gasteiger partial charge in [-0.05, 0) is 46.9 Å². The minimum absolute atomic E-state index is 0.700. The van der Waals surface area contributed by atoms with Crippen LogP contribution < -0.4 is 0 Å². The molecule has 4 heteroatoms. The molecular formula is C22H28S2Si2. The highest BCUT2D eigenvalue weighted by molar-refractivity contribution is 7.98. The van der Waals surface area contributed by atoms with Crippen LogP contribution in [0.25, 0.3) is 10.8 Å². The van der Waals surface area contributed by atoms with Gasteiger partial charge >= 0.3 is 0 Å². The zero-order chi connectivity index (χ0) is 19.5. The second-order valence-corrected chi connectivity index (χ2v) is 19.2. The van der Waals surface area contributed by atoms with Crippen molar-refractivity contribution in [2.24, 2.45) is 0 Å². The van der Waals surface area contributed by atoms with Crippen molar-refractivity contribution in [1.29, 1.82) is 0 Å². The summed E-state index contributed by atoms with van der Waals surface area (Å²) in [5.74, 6) is 7.57. The van der Waals surface area contributed by atoms with Crippen molar-refractivity contribution < 1.29 is 0 Å². The molecule has 136 valence electrons. The Bertz CT molecular complexity index is 861. The van der Waals surface area contributed by atoms with E-state index in [0.29, 0.717) is 5.75 Å². The van der Waals surface area contributed by atoms with Gasteiger partial charge in [-0.15, -0.1) is 22.8 Å². The van der Waals surface area contributed by atoms with Crippen LogP contribution in [-0.4, -0.2) is 22.4 Å². The smallest absolute Gasteiger partial charge is 0.129 e. The first-order valence-corrected chi connectivity index (χ1v) is 17.7. The molecule has 0 spiro atoms. The first kappa shape index (κ1) is 21.3. The summed E-state index contributed by atoms with van der Waals surface area (Å²) >= 11 is 6.29. The van der Waals surface area contributed by atoms with Crippen molar-refractivity contribution in [2.45, 2.75) is 49.9 Å². The topological polar surface area (TPSA) is 0 Å². The maximum atomic E-state index is 4.53. The van der Waals surface area contributed by atoms with Gasteiger partial charge in [0.25, 0.3) is 0 Å². The summed E-state index contributed by atoms with van der Waals surface area (Å²) in [4.78, 5) is 1.24. The van der Waals surface area contributed by atoms with Crippen molar-refractivity contribution >= 4 is 51.3 Å². The highest BCUT2D eigenvalue weighted by atomic mass is 32.2. The van der Waals surface area contributed by atoms with Crippen LogP contribution in [0, 0.1) is 22.9 Å². The van der Waals surface area contributed by atoms with Crippen LogP contribution in [0.3, 0.4) is 0 Å². The van der Waals surface area contributed by atoms with E-state index in [9.17, 15) is 0 Å². The Morgan fingerprint density at radius 3 is 1.81 bits per heavy atom. The van der Waals surface area contributed by atoms with Crippen LogP contribution in [0.2, 0.25) is 39.3 Å². The maximum absolute atomic E-state index is 4.53. The number of fused-ring (bicyclic) bond motifs is 1. The first-order chi connectivity index (χ1) is 12.0. The van der Waals surface area contributed by atoms with Crippen LogP contribution in [0.4, 0.5) is 0 Å². The number of thiol groups is 1. The Balaban J connectivity index is 2.65. The van der Waals surface area contributed by atoms with E-state index in [0.717, 1.165) is 11.1 Å². The standard InChI is InChI=1S/C22H28S2Si2/c1-24-22-15-20-12-17(8-10-25(2,3)4)21(16-23)14-19(20)13-18(22)9-11-26(5,6)7/h12-15,23H,16H2,1-7H3. The van der Waals surface area contributed by atoms with E-state index in [2.05, 4.69) is 105 Å². The van der Waals surface area contributed by atoms with Gasteiger partial charge in [-0.1, -0.05) is 51.1 Å². The summed E-state index contributed by atoms with van der Waals surface area (Å²) in [5.41, 5.74) is 10.4. The van der Waals surface area contributed by atoms with Crippen LogP contribution in [-0.2, 0) is 5.75 Å². The lowest BCUT2D eigenvalue weighted by Gasteiger charge is -2.10. The maximum Gasteiger partial charge on any atom is 0.129 e. The Kier molecular flexibility index (Phi) is 6.80. The lowest BCUT2D eigenvalue weighted by molar-refractivity contribution is 1.40. The number of thioether (sulfide) groups is 1. The van der Waals surface area contributed by atoms with Crippen LogP contribution in [0.15, 0.2) is 29.2 Å². The van der Waals surface area contributed by atoms with E-state index < -0.39 is 16.1 Å². The van der Waals surface area contributed by atoms with E-state index in [1.807, 2.05) is 0 Å². The fourth-order valence-corrected chi connectivity index (χ4v) is 4.26. The SMILES string of the molecule is CSc1cc2cc(C#C[Si](C)(C)C)c(CS)cc2cc1C#C[Si](C)(C)C. The van der Waals surface area contributed by atoms with E-state index >= 15 is 0 Å². The molecule has 0 heterocycles. The summed E-state index contributed by atoms with van der Waals surface area (Å²) in [5, 5.41) is 2.46. The average Bonchev–Trinajstić information content (AvgIpc) is 2.54. The van der Waals surface area contributed by atoms with Gasteiger partial charge in [0.05, 0.1) is 0 Å². The second-order valence-electron chi connectivity index (χ2n) is 8.57. The number of hydrogen-bond acceptors (Lipinski definition) is 2. The molecular weight excluding hydrogens is 385 g/mol. The molecule has 2 aromatic carbocycles. The molecule has 0 saturated heterocycles. The Morgan fingerprint density at radius 1 is 0.808 bits per heavy atom. The molecule has 0 aliphatic carbocycles. The van der Waals surface area contributed by atoms with E-state index in [1.165, 1.54) is 21.2 Å². The van der Waals surface area contributed by atoms with Crippen LogP contribution in [0.1, 0.15) is 16.7 Å². The van der Waals surface area contributed by atoms with Gasteiger partial charge in [0.2, 0.25) is 0 Å².